The molecule has 0 bridgehead atoms. The highest BCUT2D eigenvalue weighted by Gasteiger charge is 2.20. The predicted molar refractivity (Wildman–Crippen MR) is 43.0 cm³/mol. The summed E-state index contributed by atoms with van der Waals surface area (Å²) in [4.78, 5) is 0. The van der Waals surface area contributed by atoms with E-state index >= 15 is 0 Å². The van der Waals surface area contributed by atoms with Gasteiger partial charge < -0.3 is 15.3 Å². The van der Waals surface area contributed by atoms with Crippen LogP contribution in [-0.2, 0) is 0 Å². The molecule has 0 aromatic rings. The second kappa shape index (κ2) is 5.07. The van der Waals surface area contributed by atoms with Crippen molar-refractivity contribution in [3.05, 3.63) is 25.3 Å². The zero-order valence-electron chi connectivity index (χ0n) is 6.35. The molecule has 1 unspecified atom stereocenters. The third-order valence-electron chi connectivity index (χ3n) is 1.54. The fraction of sp³-hybridized carbons (Fsp3) is 0.500. The van der Waals surface area contributed by atoms with E-state index in [2.05, 4.69) is 13.2 Å². The van der Waals surface area contributed by atoms with E-state index in [9.17, 15) is 5.11 Å². The molecule has 0 fully saturated rings. The molecular formula is C8H14O3. The van der Waals surface area contributed by atoms with Crippen LogP contribution in [0.2, 0.25) is 0 Å². The summed E-state index contributed by atoms with van der Waals surface area (Å²) in [6.45, 7) is 6.48. The summed E-state index contributed by atoms with van der Waals surface area (Å²) in [7, 11) is 0. The Hall–Kier alpha value is -0.640. The number of aliphatic hydroxyl groups excluding tert-OH is 3. The van der Waals surface area contributed by atoms with Crippen LogP contribution in [0.25, 0.3) is 0 Å². The summed E-state index contributed by atoms with van der Waals surface area (Å²) in [6.07, 6.45) is 0.592. The highest BCUT2D eigenvalue weighted by molar-refractivity contribution is 4.93. The lowest BCUT2D eigenvalue weighted by Crippen LogP contribution is -2.32. The van der Waals surface area contributed by atoms with Crippen molar-refractivity contribution in [2.75, 3.05) is 6.61 Å². The van der Waals surface area contributed by atoms with Crippen molar-refractivity contribution in [2.24, 2.45) is 5.92 Å². The third kappa shape index (κ3) is 2.84. The molecule has 3 N–H and O–H groups in total. The maximum absolute atomic E-state index is 9.22. The highest BCUT2D eigenvalue weighted by atomic mass is 16.3. The largest absolute Gasteiger partial charge is 0.396 e. The van der Waals surface area contributed by atoms with Crippen LogP contribution in [0.5, 0.6) is 0 Å². The summed E-state index contributed by atoms with van der Waals surface area (Å²) < 4.78 is 0. The van der Waals surface area contributed by atoms with Crippen LogP contribution in [0.3, 0.4) is 0 Å². The molecule has 0 saturated heterocycles. The summed E-state index contributed by atoms with van der Waals surface area (Å²) in [5.74, 6) is -0.497. The molecule has 0 saturated carbocycles. The average Bonchev–Trinajstić information content (AvgIpc) is 2.05. The van der Waals surface area contributed by atoms with E-state index in [0.717, 1.165) is 0 Å². The van der Waals surface area contributed by atoms with Gasteiger partial charge in [0.05, 0.1) is 18.8 Å². The van der Waals surface area contributed by atoms with Crippen LogP contribution < -0.4 is 0 Å². The lowest BCUT2D eigenvalue weighted by molar-refractivity contribution is 0.00555. The zero-order chi connectivity index (χ0) is 8.85. The fourth-order valence-electron chi connectivity index (χ4n) is 0.715. The lowest BCUT2D eigenvalue weighted by atomic mass is 9.99. The first kappa shape index (κ1) is 10.4. The number of hydrogen-bond donors (Lipinski definition) is 3. The topological polar surface area (TPSA) is 60.7 Å². The van der Waals surface area contributed by atoms with Gasteiger partial charge in [0.15, 0.2) is 0 Å². The molecular weight excluding hydrogens is 144 g/mol. The van der Waals surface area contributed by atoms with E-state index in [4.69, 9.17) is 10.2 Å². The Bertz CT molecular complexity index is 133. The SMILES string of the molecule is C=CC(O)[C@@H](O)[C@@H](C=C)CO. The molecule has 0 spiro atoms. The zero-order valence-corrected chi connectivity index (χ0v) is 6.35. The normalized spacial score (nSPS) is 18.5. The van der Waals surface area contributed by atoms with Crippen molar-refractivity contribution in [3.63, 3.8) is 0 Å². The van der Waals surface area contributed by atoms with Gasteiger partial charge in [-0.05, 0) is 0 Å². The minimum atomic E-state index is -1.02. The quantitative estimate of drug-likeness (QED) is 0.481. The maximum atomic E-state index is 9.22. The molecule has 11 heavy (non-hydrogen) atoms. The van der Waals surface area contributed by atoms with Gasteiger partial charge in [-0.15, -0.1) is 13.2 Å². The summed E-state index contributed by atoms with van der Waals surface area (Å²) >= 11 is 0. The molecule has 3 atom stereocenters. The van der Waals surface area contributed by atoms with Gasteiger partial charge in [-0.3, -0.25) is 0 Å². The second-order valence-corrected chi connectivity index (χ2v) is 2.30. The standard InChI is InChI=1S/C8H14O3/c1-3-6(5-9)8(11)7(10)4-2/h3-4,6-11H,1-2,5H2/t6-,7?,8-/m0/s1. The van der Waals surface area contributed by atoms with Gasteiger partial charge in [0.25, 0.3) is 0 Å². The summed E-state index contributed by atoms with van der Waals surface area (Å²) in [5, 5.41) is 26.9. The first-order valence-electron chi connectivity index (χ1n) is 3.39. The Labute approximate surface area is 66.3 Å². The molecule has 0 amide bonds. The van der Waals surface area contributed by atoms with Gasteiger partial charge in [-0.1, -0.05) is 12.2 Å². The molecule has 3 nitrogen and oxygen atoms in total. The minimum absolute atomic E-state index is 0.227. The molecule has 0 aromatic heterocycles. The van der Waals surface area contributed by atoms with E-state index < -0.39 is 18.1 Å². The molecule has 0 aliphatic rings. The minimum Gasteiger partial charge on any atom is -0.396 e. The van der Waals surface area contributed by atoms with E-state index in [1.54, 1.807) is 0 Å². The van der Waals surface area contributed by atoms with Crippen LogP contribution in [0.1, 0.15) is 0 Å². The van der Waals surface area contributed by atoms with Gasteiger partial charge in [-0.2, -0.15) is 0 Å². The van der Waals surface area contributed by atoms with Crippen molar-refractivity contribution >= 4 is 0 Å². The van der Waals surface area contributed by atoms with Crippen LogP contribution in [0.15, 0.2) is 25.3 Å². The Morgan fingerprint density at radius 3 is 2.00 bits per heavy atom. The van der Waals surface area contributed by atoms with E-state index in [1.807, 2.05) is 0 Å². The van der Waals surface area contributed by atoms with E-state index in [1.165, 1.54) is 12.2 Å². The molecule has 0 radical (unpaired) electrons. The molecule has 3 heteroatoms. The van der Waals surface area contributed by atoms with Crippen molar-refractivity contribution in [1.82, 2.24) is 0 Å². The van der Waals surface area contributed by atoms with Crippen molar-refractivity contribution in [3.8, 4) is 0 Å². The van der Waals surface area contributed by atoms with Crippen LogP contribution in [0, 0.1) is 5.92 Å². The lowest BCUT2D eigenvalue weighted by Gasteiger charge is -2.19. The summed E-state index contributed by atoms with van der Waals surface area (Å²) in [5.41, 5.74) is 0. The Kier molecular flexibility index (Phi) is 4.77. The summed E-state index contributed by atoms with van der Waals surface area (Å²) in [6, 6.07) is 0. The fourth-order valence-corrected chi connectivity index (χ4v) is 0.715. The van der Waals surface area contributed by atoms with Crippen molar-refractivity contribution in [1.29, 1.82) is 0 Å². The monoisotopic (exact) mass is 158 g/mol. The molecule has 0 rings (SSSR count). The van der Waals surface area contributed by atoms with E-state index in [-0.39, 0.29) is 6.61 Å². The van der Waals surface area contributed by atoms with Gasteiger partial charge in [0, 0.05) is 5.92 Å². The number of rotatable bonds is 5. The van der Waals surface area contributed by atoms with Crippen LogP contribution >= 0.6 is 0 Å². The van der Waals surface area contributed by atoms with Crippen molar-refractivity contribution in [2.45, 2.75) is 12.2 Å². The van der Waals surface area contributed by atoms with Gasteiger partial charge in [-0.25, -0.2) is 0 Å². The van der Waals surface area contributed by atoms with Crippen molar-refractivity contribution < 1.29 is 15.3 Å². The van der Waals surface area contributed by atoms with Crippen LogP contribution in [-0.4, -0.2) is 34.1 Å². The molecule has 64 valence electrons. The molecule has 0 heterocycles. The molecule has 0 aromatic carbocycles. The van der Waals surface area contributed by atoms with Gasteiger partial charge in [0.1, 0.15) is 0 Å². The predicted octanol–water partition coefficient (Wildman–Crippen LogP) is -0.311. The molecule has 0 aliphatic carbocycles. The Morgan fingerprint density at radius 1 is 1.18 bits per heavy atom. The van der Waals surface area contributed by atoms with Gasteiger partial charge >= 0.3 is 0 Å². The second-order valence-electron chi connectivity index (χ2n) is 2.30. The number of aliphatic hydroxyl groups is 3. The highest BCUT2D eigenvalue weighted by Crippen LogP contribution is 2.08. The van der Waals surface area contributed by atoms with Crippen LogP contribution in [0.4, 0.5) is 0 Å². The average molecular weight is 158 g/mol. The number of hydrogen-bond acceptors (Lipinski definition) is 3. The third-order valence-corrected chi connectivity index (χ3v) is 1.54. The smallest absolute Gasteiger partial charge is 0.0984 e. The first-order valence-corrected chi connectivity index (χ1v) is 3.39. The Morgan fingerprint density at radius 2 is 1.73 bits per heavy atom. The first-order chi connectivity index (χ1) is 5.17. The molecule has 0 aliphatic heterocycles. The maximum Gasteiger partial charge on any atom is 0.0984 e. The van der Waals surface area contributed by atoms with E-state index in [0.29, 0.717) is 0 Å². The Balaban J connectivity index is 4.06. The van der Waals surface area contributed by atoms with Gasteiger partial charge in [0.2, 0.25) is 0 Å².